The van der Waals surface area contributed by atoms with Crippen LogP contribution in [0.4, 0.5) is 0 Å². The highest BCUT2D eigenvalue weighted by Crippen LogP contribution is 2.35. The van der Waals surface area contributed by atoms with Crippen molar-refractivity contribution >= 4 is 24.1 Å². The fourth-order valence-electron chi connectivity index (χ4n) is 3.45. The first-order valence-corrected chi connectivity index (χ1v) is 8.39. The number of hydrogen-bond acceptors (Lipinski definition) is 5. The molecule has 0 aliphatic carbocycles. The van der Waals surface area contributed by atoms with E-state index in [4.69, 9.17) is 16.6 Å². The molecule has 1 saturated heterocycles. The van der Waals surface area contributed by atoms with Crippen LogP contribution in [-0.4, -0.2) is 31.2 Å². The van der Waals surface area contributed by atoms with Crippen molar-refractivity contribution in [3.63, 3.8) is 0 Å². The molecule has 0 saturated carbocycles. The molecule has 1 atom stereocenters. The van der Waals surface area contributed by atoms with Crippen molar-refractivity contribution in [1.29, 1.82) is 0 Å². The zero-order chi connectivity index (χ0) is 16.7. The number of rotatable bonds is 3. The molecular formula is C15H16BClN6O. The average molecular weight is 343 g/mol. The van der Waals surface area contributed by atoms with Crippen LogP contribution < -0.4 is 0 Å². The summed E-state index contributed by atoms with van der Waals surface area (Å²) < 4.78 is 3.37. The minimum absolute atomic E-state index is 0.122. The fraction of sp³-hybridized carbons (Fsp3) is 0.400. The summed E-state index contributed by atoms with van der Waals surface area (Å²) in [5, 5.41) is 12.3. The maximum atomic E-state index is 10.9. The summed E-state index contributed by atoms with van der Waals surface area (Å²) in [6.45, 7) is -0.122. The van der Waals surface area contributed by atoms with E-state index in [-0.39, 0.29) is 12.8 Å². The molecule has 0 bridgehead atoms. The first-order chi connectivity index (χ1) is 11.7. The third-order valence-electron chi connectivity index (χ3n) is 4.68. The molecule has 1 unspecified atom stereocenters. The lowest BCUT2D eigenvalue weighted by Gasteiger charge is -2.22. The van der Waals surface area contributed by atoms with Gasteiger partial charge in [0.25, 0.3) is 0 Å². The van der Waals surface area contributed by atoms with Crippen molar-refractivity contribution in [2.45, 2.75) is 31.4 Å². The zero-order valence-corrected chi connectivity index (χ0v) is 14.0. The summed E-state index contributed by atoms with van der Waals surface area (Å²) in [5.41, 5.74) is 3.47. The minimum Gasteiger partial charge on any atom is -0.275 e. The molecule has 1 fully saturated rings. The van der Waals surface area contributed by atoms with Crippen molar-refractivity contribution in [3.05, 3.63) is 40.4 Å². The van der Waals surface area contributed by atoms with Gasteiger partial charge in [-0.1, -0.05) is 18.0 Å². The Labute approximate surface area is 144 Å². The van der Waals surface area contributed by atoms with Crippen molar-refractivity contribution in [2.24, 2.45) is 12.1 Å². The van der Waals surface area contributed by atoms with E-state index in [0.29, 0.717) is 10.8 Å². The van der Waals surface area contributed by atoms with Crippen LogP contribution in [0.5, 0.6) is 0 Å². The Bertz CT molecular complexity index is 907. The molecule has 0 amide bonds. The largest absolute Gasteiger partial charge is 0.338 e. The van der Waals surface area contributed by atoms with Gasteiger partial charge in [-0.25, -0.2) is 9.50 Å². The third kappa shape index (κ3) is 2.60. The molecule has 0 radical (unpaired) electrons. The second-order valence-corrected chi connectivity index (χ2v) is 6.71. The fourth-order valence-corrected chi connectivity index (χ4v) is 3.68. The van der Waals surface area contributed by atoms with Gasteiger partial charge in [0.15, 0.2) is 5.65 Å². The summed E-state index contributed by atoms with van der Waals surface area (Å²) >= 11 is 6.41. The molecule has 3 aromatic rings. The van der Waals surface area contributed by atoms with Crippen LogP contribution in [0.25, 0.3) is 16.8 Å². The van der Waals surface area contributed by atoms with Crippen LogP contribution in [0.3, 0.4) is 0 Å². The summed E-state index contributed by atoms with van der Waals surface area (Å²) in [4.78, 5) is 15.7. The molecular weight excluding hydrogens is 326 g/mol. The van der Waals surface area contributed by atoms with E-state index in [2.05, 4.69) is 15.3 Å². The molecule has 7 nitrogen and oxygen atoms in total. The van der Waals surface area contributed by atoms with Crippen LogP contribution >= 0.6 is 11.6 Å². The zero-order valence-electron chi connectivity index (χ0n) is 13.3. The second-order valence-electron chi connectivity index (χ2n) is 6.32. The molecule has 4 heterocycles. The van der Waals surface area contributed by atoms with Gasteiger partial charge in [0, 0.05) is 30.1 Å². The molecule has 0 N–H and O–H groups in total. The van der Waals surface area contributed by atoms with Gasteiger partial charge in [0.05, 0.1) is 12.4 Å². The third-order valence-corrected chi connectivity index (χ3v) is 4.95. The van der Waals surface area contributed by atoms with Gasteiger partial charge in [-0.2, -0.15) is 15.1 Å². The van der Waals surface area contributed by atoms with Crippen LogP contribution in [0, 0.1) is 4.91 Å². The van der Waals surface area contributed by atoms with E-state index >= 15 is 0 Å². The van der Waals surface area contributed by atoms with E-state index in [1.807, 2.05) is 19.3 Å². The number of aromatic nitrogens is 5. The number of nitroso groups, excluding NO2 is 1. The normalized spacial score (nSPS) is 18.2. The Balaban J connectivity index is 1.79. The first kappa shape index (κ1) is 15.3. The summed E-state index contributed by atoms with van der Waals surface area (Å²) in [7, 11) is 1.87. The molecule has 1 aliphatic rings. The molecule has 3 aromatic heterocycles. The Morgan fingerprint density at radius 1 is 1.38 bits per heavy atom. The lowest BCUT2D eigenvalue weighted by molar-refractivity contribution is 0.610. The van der Waals surface area contributed by atoms with Gasteiger partial charge >= 0.3 is 6.85 Å². The van der Waals surface area contributed by atoms with Crippen molar-refractivity contribution < 1.29 is 0 Å². The molecule has 0 spiro atoms. The molecule has 1 aliphatic heterocycles. The lowest BCUT2D eigenvalue weighted by atomic mass is 9.49. The van der Waals surface area contributed by atoms with Gasteiger partial charge in [-0.15, -0.1) is 5.09 Å². The average Bonchev–Trinajstić information content (AvgIpc) is 3.21. The van der Waals surface area contributed by atoms with Crippen LogP contribution in [0.15, 0.2) is 29.7 Å². The number of halogens is 1. The molecule has 0 aromatic carbocycles. The van der Waals surface area contributed by atoms with Crippen LogP contribution in [-0.2, 0) is 7.05 Å². The Hall–Kier alpha value is -2.22. The smallest absolute Gasteiger partial charge is 0.275 e. The molecule has 122 valence electrons. The molecule has 4 rings (SSSR count). The number of fused-ring (bicyclic) bond motifs is 1. The highest BCUT2D eigenvalue weighted by molar-refractivity contribution is 6.57. The summed E-state index contributed by atoms with van der Waals surface area (Å²) in [6, 6.07) is 1.85. The Morgan fingerprint density at radius 3 is 3.00 bits per heavy atom. The number of aryl methyl sites for hydroxylation is 1. The minimum atomic E-state index is -0.122. The predicted molar refractivity (Wildman–Crippen MR) is 93.3 cm³/mol. The maximum Gasteiger partial charge on any atom is 0.338 e. The van der Waals surface area contributed by atoms with Crippen molar-refractivity contribution in [1.82, 2.24) is 24.4 Å². The quantitative estimate of drug-likeness (QED) is 0.415. The van der Waals surface area contributed by atoms with Crippen molar-refractivity contribution in [3.8, 4) is 11.1 Å². The number of nitrogens with zero attached hydrogens (tertiary/aromatic N) is 6. The van der Waals surface area contributed by atoms with Gasteiger partial charge in [0.2, 0.25) is 0 Å². The van der Waals surface area contributed by atoms with Crippen LogP contribution in [0.1, 0.15) is 24.5 Å². The SMILES string of the molecule is Cn1cc(-c2cnn3c(Cl)cc(C4CCCB(N=O)C4)nc23)cn1. The Kier molecular flexibility index (Phi) is 3.84. The summed E-state index contributed by atoms with van der Waals surface area (Å²) in [6.07, 6.45) is 9.05. The monoisotopic (exact) mass is 342 g/mol. The van der Waals surface area contributed by atoms with E-state index in [1.54, 1.807) is 21.6 Å². The van der Waals surface area contributed by atoms with E-state index < -0.39 is 0 Å². The van der Waals surface area contributed by atoms with Crippen molar-refractivity contribution in [2.75, 3.05) is 0 Å². The van der Waals surface area contributed by atoms with Gasteiger partial charge in [0.1, 0.15) is 5.15 Å². The first-order valence-electron chi connectivity index (χ1n) is 8.01. The number of hydrogen-bond donors (Lipinski definition) is 0. The Morgan fingerprint density at radius 2 is 2.25 bits per heavy atom. The molecule has 24 heavy (non-hydrogen) atoms. The van der Waals surface area contributed by atoms with Gasteiger partial charge in [-0.3, -0.25) is 4.68 Å². The van der Waals surface area contributed by atoms with E-state index in [9.17, 15) is 4.91 Å². The highest BCUT2D eigenvalue weighted by atomic mass is 35.5. The van der Waals surface area contributed by atoms with E-state index in [1.165, 1.54) is 0 Å². The predicted octanol–water partition coefficient (Wildman–Crippen LogP) is 3.42. The lowest BCUT2D eigenvalue weighted by Crippen LogP contribution is -2.20. The van der Waals surface area contributed by atoms with Gasteiger partial charge < -0.3 is 0 Å². The maximum absolute atomic E-state index is 10.9. The topological polar surface area (TPSA) is 77.4 Å². The molecule has 9 heteroatoms. The van der Waals surface area contributed by atoms with Crippen LogP contribution in [0.2, 0.25) is 17.8 Å². The van der Waals surface area contributed by atoms with E-state index in [0.717, 1.165) is 42.3 Å². The summed E-state index contributed by atoms with van der Waals surface area (Å²) in [5.74, 6) is 0.209. The standard InChI is InChI=1S/C15H16BClN6O/c1-22-9-11(7-18-22)12-8-19-23-14(17)5-13(20-15(12)23)10-3-2-4-16(6-10)21-24/h5,7-10H,2-4,6H2,1H3. The van der Waals surface area contributed by atoms with Gasteiger partial charge in [-0.05, 0) is 31.0 Å². The second kappa shape index (κ2) is 6.01. The highest BCUT2D eigenvalue weighted by Gasteiger charge is 2.29.